The predicted molar refractivity (Wildman–Crippen MR) is 79.0 cm³/mol. The second-order valence-corrected chi connectivity index (χ2v) is 5.02. The van der Waals surface area contributed by atoms with E-state index < -0.39 is 0 Å². The van der Waals surface area contributed by atoms with Gasteiger partial charge in [-0.3, -0.25) is 4.79 Å². The summed E-state index contributed by atoms with van der Waals surface area (Å²) in [6.07, 6.45) is 6.74. The van der Waals surface area contributed by atoms with Crippen LogP contribution in [0.4, 0.5) is 0 Å². The molecule has 0 bridgehead atoms. The summed E-state index contributed by atoms with van der Waals surface area (Å²) in [4.78, 5) is 16.4. The molecule has 3 aromatic rings. The standard InChI is InChI=1S/C17H16N2O/c1-13-2-4-14(5-3-13)6-8-16(20)15-7-9-17-18-10-11-19(17)12-15/h2-5,7,9-12H,6,8H2,1H3. The molecule has 0 radical (unpaired) electrons. The maximum Gasteiger partial charge on any atom is 0.164 e. The second-order valence-electron chi connectivity index (χ2n) is 5.02. The van der Waals surface area contributed by atoms with Crippen molar-refractivity contribution in [3.63, 3.8) is 0 Å². The van der Waals surface area contributed by atoms with Crippen LogP contribution in [-0.2, 0) is 6.42 Å². The van der Waals surface area contributed by atoms with E-state index in [-0.39, 0.29) is 5.78 Å². The monoisotopic (exact) mass is 264 g/mol. The molecule has 20 heavy (non-hydrogen) atoms. The fraction of sp³-hybridized carbons (Fsp3) is 0.176. The van der Waals surface area contributed by atoms with Crippen LogP contribution in [0.5, 0.6) is 0 Å². The third kappa shape index (κ3) is 2.62. The summed E-state index contributed by atoms with van der Waals surface area (Å²) in [6.45, 7) is 2.06. The minimum Gasteiger partial charge on any atom is -0.306 e. The number of fused-ring (bicyclic) bond motifs is 1. The third-order valence-electron chi connectivity index (χ3n) is 3.47. The van der Waals surface area contributed by atoms with Crippen LogP contribution >= 0.6 is 0 Å². The zero-order chi connectivity index (χ0) is 13.9. The van der Waals surface area contributed by atoms with Crippen molar-refractivity contribution in [3.05, 3.63) is 71.7 Å². The van der Waals surface area contributed by atoms with Crippen molar-refractivity contribution in [1.82, 2.24) is 9.38 Å². The van der Waals surface area contributed by atoms with Crippen LogP contribution in [0, 0.1) is 6.92 Å². The Bertz CT molecular complexity index is 741. The number of hydrogen-bond acceptors (Lipinski definition) is 2. The summed E-state index contributed by atoms with van der Waals surface area (Å²) in [6, 6.07) is 12.1. The van der Waals surface area contributed by atoms with E-state index in [1.54, 1.807) is 6.20 Å². The van der Waals surface area contributed by atoms with Crippen molar-refractivity contribution in [3.8, 4) is 0 Å². The average Bonchev–Trinajstić information content (AvgIpc) is 2.93. The summed E-state index contributed by atoms with van der Waals surface area (Å²) in [7, 11) is 0. The Labute approximate surface area is 117 Å². The lowest BCUT2D eigenvalue weighted by atomic mass is 10.0. The molecule has 0 aliphatic rings. The lowest BCUT2D eigenvalue weighted by Crippen LogP contribution is -2.02. The molecular formula is C17H16N2O. The first kappa shape index (κ1) is 12.6. The number of aryl methyl sites for hydroxylation is 2. The van der Waals surface area contributed by atoms with Gasteiger partial charge in [0.2, 0.25) is 0 Å². The summed E-state index contributed by atoms with van der Waals surface area (Å²) in [5, 5.41) is 0. The highest BCUT2D eigenvalue weighted by molar-refractivity contribution is 5.96. The molecule has 3 rings (SSSR count). The lowest BCUT2D eigenvalue weighted by molar-refractivity contribution is 0.0982. The first-order valence-electron chi connectivity index (χ1n) is 6.74. The fourth-order valence-electron chi connectivity index (χ4n) is 2.24. The topological polar surface area (TPSA) is 34.4 Å². The van der Waals surface area contributed by atoms with Gasteiger partial charge >= 0.3 is 0 Å². The Hall–Kier alpha value is -2.42. The fourth-order valence-corrected chi connectivity index (χ4v) is 2.24. The summed E-state index contributed by atoms with van der Waals surface area (Å²) in [5.41, 5.74) is 4.04. The third-order valence-corrected chi connectivity index (χ3v) is 3.47. The molecule has 0 aliphatic heterocycles. The molecule has 0 saturated carbocycles. The van der Waals surface area contributed by atoms with Crippen LogP contribution in [0.3, 0.4) is 0 Å². The van der Waals surface area contributed by atoms with Gasteiger partial charge in [0, 0.05) is 30.6 Å². The van der Waals surface area contributed by atoms with E-state index in [0.717, 1.165) is 17.6 Å². The molecule has 0 saturated heterocycles. The van der Waals surface area contributed by atoms with Crippen LogP contribution in [-0.4, -0.2) is 15.2 Å². The molecule has 2 heterocycles. The van der Waals surface area contributed by atoms with Crippen molar-refractivity contribution in [2.24, 2.45) is 0 Å². The van der Waals surface area contributed by atoms with Gasteiger partial charge in [0.15, 0.2) is 5.78 Å². The number of carbonyl (C=O) groups excluding carboxylic acids is 1. The molecule has 1 aromatic carbocycles. The summed E-state index contributed by atoms with van der Waals surface area (Å²) < 4.78 is 1.87. The minimum atomic E-state index is 0.168. The van der Waals surface area contributed by atoms with E-state index in [1.807, 2.05) is 28.9 Å². The van der Waals surface area contributed by atoms with Gasteiger partial charge < -0.3 is 4.40 Å². The molecule has 0 unspecified atom stereocenters. The van der Waals surface area contributed by atoms with Gasteiger partial charge in [0.25, 0.3) is 0 Å². The van der Waals surface area contributed by atoms with E-state index in [1.165, 1.54) is 11.1 Å². The van der Waals surface area contributed by atoms with Crippen LogP contribution in [0.25, 0.3) is 5.65 Å². The number of carbonyl (C=O) groups is 1. The van der Waals surface area contributed by atoms with Gasteiger partial charge in [-0.05, 0) is 31.0 Å². The summed E-state index contributed by atoms with van der Waals surface area (Å²) >= 11 is 0. The molecule has 0 N–H and O–H groups in total. The molecule has 0 atom stereocenters. The molecule has 100 valence electrons. The van der Waals surface area contributed by atoms with E-state index in [4.69, 9.17) is 0 Å². The quantitative estimate of drug-likeness (QED) is 0.676. The number of aromatic nitrogens is 2. The Morgan fingerprint density at radius 1 is 1.15 bits per heavy atom. The van der Waals surface area contributed by atoms with Crippen LogP contribution in [0.15, 0.2) is 55.0 Å². The number of ketones is 1. The van der Waals surface area contributed by atoms with Crippen LogP contribution in [0.2, 0.25) is 0 Å². The minimum absolute atomic E-state index is 0.168. The number of pyridine rings is 1. The maximum absolute atomic E-state index is 12.2. The first-order chi connectivity index (χ1) is 9.72. The molecule has 0 spiro atoms. The predicted octanol–water partition coefficient (Wildman–Crippen LogP) is 3.46. The Morgan fingerprint density at radius 2 is 1.95 bits per heavy atom. The number of benzene rings is 1. The van der Waals surface area contributed by atoms with Gasteiger partial charge in [-0.25, -0.2) is 4.98 Å². The van der Waals surface area contributed by atoms with E-state index in [9.17, 15) is 4.79 Å². The number of rotatable bonds is 4. The van der Waals surface area contributed by atoms with E-state index in [0.29, 0.717) is 6.42 Å². The number of hydrogen-bond donors (Lipinski definition) is 0. The highest BCUT2D eigenvalue weighted by atomic mass is 16.1. The van der Waals surface area contributed by atoms with Crippen molar-refractivity contribution in [2.75, 3.05) is 0 Å². The Morgan fingerprint density at radius 3 is 2.75 bits per heavy atom. The van der Waals surface area contributed by atoms with Gasteiger partial charge in [-0.2, -0.15) is 0 Å². The molecule has 0 fully saturated rings. The maximum atomic E-state index is 12.2. The Kier molecular flexibility index (Phi) is 3.33. The number of nitrogens with zero attached hydrogens (tertiary/aromatic N) is 2. The molecular weight excluding hydrogens is 248 g/mol. The first-order valence-corrected chi connectivity index (χ1v) is 6.74. The lowest BCUT2D eigenvalue weighted by Gasteiger charge is -2.03. The number of Topliss-reactive ketones (excluding diaryl/α,β-unsaturated/α-hetero) is 1. The second kappa shape index (κ2) is 5.29. The smallest absolute Gasteiger partial charge is 0.164 e. The molecule has 3 heteroatoms. The van der Waals surface area contributed by atoms with Gasteiger partial charge in [-0.1, -0.05) is 29.8 Å². The highest BCUT2D eigenvalue weighted by Gasteiger charge is 2.07. The van der Waals surface area contributed by atoms with Gasteiger partial charge in [-0.15, -0.1) is 0 Å². The van der Waals surface area contributed by atoms with Crippen molar-refractivity contribution < 1.29 is 4.79 Å². The van der Waals surface area contributed by atoms with E-state index >= 15 is 0 Å². The van der Waals surface area contributed by atoms with Crippen LogP contribution < -0.4 is 0 Å². The van der Waals surface area contributed by atoms with Gasteiger partial charge in [0.1, 0.15) is 5.65 Å². The molecule has 2 aromatic heterocycles. The molecule has 3 nitrogen and oxygen atoms in total. The van der Waals surface area contributed by atoms with Gasteiger partial charge in [0.05, 0.1) is 0 Å². The molecule has 0 amide bonds. The molecule has 0 aliphatic carbocycles. The normalized spacial score (nSPS) is 10.8. The SMILES string of the molecule is Cc1ccc(CCC(=O)c2ccc3nccn3c2)cc1. The zero-order valence-electron chi connectivity index (χ0n) is 11.4. The highest BCUT2D eigenvalue weighted by Crippen LogP contribution is 2.11. The van der Waals surface area contributed by atoms with Crippen molar-refractivity contribution >= 4 is 11.4 Å². The van der Waals surface area contributed by atoms with E-state index in [2.05, 4.69) is 36.2 Å². The zero-order valence-corrected chi connectivity index (χ0v) is 11.4. The summed E-state index contributed by atoms with van der Waals surface area (Å²) in [5.74, 6) is 0.168. The average molecular weight is 264 g/mol. The Balaban J connectivity index is 1.70. The number of imidazole rings is 1. The van der Waals surface area contributed by atoms with Crippen molar-refractivity contribution in [2.45, 2.75) is 19.8 Å². The largest absolute Gasteiger partial charge is 0.306 e. The van der Waals surface area contributed by atoms with Crippen LogP contribution in [0.1, 0.15) is 27.9 Å². The van der Waals surface area contributed by atoms with Crippen molar-refractivity contribution in [1.29, 1.82) is 0 Å².